The molecule has 0 aliphatic rings. The molecule has 9 heteroatoms. The number of amides is 1. The number of sulfonamides is 1. The summed E-state index contributed by atoms with van der Waals surface area (Å²) in [7, 11) is -2.12. The number of hydrogen-bond acceptors (Lipinski definition) is 5. The zero-order valence-corrected chi connectivity index (χ0v) is 17.9. The van der Waals surface area contributed by atoms with Gasteiger partial charge in [-0.3, -0.25) is 4.79 Å². The van der Waals surface area contributed by atoms with Crippen molar-refractivity contribution in [3.8, 4) is 0 Å². The molecule has 158 valence electrons. The van der Waals surface area contributed by atoms with Gasteiger partial charge in [0, 0.05) is 31.7 Å². The van der Waals surface area contributed by atoms with Crippen LogP contribution >= 0.6 is 0 Å². The third-order valence-corrected chi connectivity index (χ3v) is 6.68. The molecule has 0 aliphatic carbocycles. The highest BCUT2D eigenvalue weighted by molar-refractivity contribution is 7.89. The lowest BCUT2D eigenvalue weighted by molar-refractivity contribution is 0.102. The van der Waals surface area contributed by atoms with Crippen LogP contribution in [0.4, 0.5) is 5.69 Å². The highest BCUT2D eigenvalue weighted by atomic mass is 32.2. The minimum atomic E-state index is -3.66. The van der Waals surface area contributed by atoms with Gasteiger partial charge in [0.2, 0.25) is 10.0 Å². The van der Waals surface area contributed by atoms with Crippen LogP contribution in [0.2, 0.25) is 0 Å². The lowest BCUT2D eigenvalue weighted by Gasteiger charge is -2.17. The van der Waals surface area contributed by atoms with E-state index in [2.05, 4.69) is 15.4 Å². The van der Waals surface area contributed by atoms with Gasteiger partial charge in [0.25, 0.3) is 5.91 Å². The van der Waals surface area contributed by atoms with Gasteiger partial charge in [0.05, 0.1) is 10.6 Å². The summed E-state index contributed by atoms with van der Waals surface area (Å²) in [6.07, 6.45) is 3.32. The standard InChI is InChI=1S/C22H21N5O3S/c1-16-20(21-23-13-6-14-27(21)25-16)22(28)24-18-9-11-19(12-10-18)31(29,30)26(2)15-17-7-4-3-5-8-17/h3-14H,15H2,1-2H3,(H,24,28). The van der Waals surface area contributed by atoms with Crippen LogP contribution < -0.4 is 5.32 Å². The molecule has 4 aromatic rings. The number of benzene rings is 2. The highest BCUT2D eigenvalue weighted by Gasteiger charge is 2.22. The fourth-order valence-electron chi connectivity index (χ4n) is 3.27. The van der Waals surface area contributed by atoms with E-state index >= 15 is 0 Å². The van der Waals surface area contributed by atoms with Crippen LogP contribution in [0.3, 0.4) is 0 Å². The second-order valence-corrected chi connectivity index (χ2v) is 9.12. The van der Waals surface area contributed by atoms with Gasteiger partial charge in [-0.1, -0.05) is 30.3 Å². The number of anilines is 1. The molecule has 0 radical (unpaired) electrons. The summed E-state index contributed by atoms with van der Waals surface area (Å²) in [4.78, 5) is 17.1. The third-order valence-electron chi connectivity index (χ3n) is 4.87. The second kappa shape index (κ2) is 8.29. The normalized spacial score (nSPS) is 11.7. The smallest absolute Gasteiger partial charge is 0.261 e. The Labute approximate surface area is 180 Å². The monoisotopic (exact) mass is 435 g/mol. The van der Waals surface area contributed by atoms with E-state index < -0.39 is 10.0 Å². The molecule has 0 unspecified atom stereocenters. The van der Waals surface area contributed by atoms with Crippen molar-refractivity contribution in [2.24, 2.45) is 0 Å². The van der Waals surface area contributed by atoms with E-state index in [1.54, 1.807) is 49.1 Å². The SMILES string of the molecule is Cc1nn2cccnc2c1C(=O)Nc1ccc(S(=O)(=O)N(C)Cc2ccccc2)cc1. The van der Waals surface area contributed by atoms with Gasteiger partial charge in [0.1, 0.15) is 5.56 Å². The van der Waals surface area contributed by atoms with Gasteiger partial charge in [-0.05, 0) is 42.8 Å². The highest BCUT2D eigenvalue weighted by Crippen LogP contribution is 2.21. The Morgan fingerprint density at radius 2 is 1.77 bits per heavy atom. The second-order valence-electron chi connectivity index (χ2n) is 7.07. The molecule has 0 aliphatic heterocycles. The van der Waals surface area contributed by atoms with Crippen molar-refractivity contribution in [2.45, 2.75) is 18.4 Å². The molecule has 1 N–H and O–H groups in total. The Morgan fingerprint density at radius 3 is 2.48 bits per heavy atom. The van der Waals surface area contributed by atoms with Crippen LogP contribution in [0.15, 0.2) is 78.0 Å². The lowest BCUT2D eigenvalue weighted by atomic mass is 10.2. The Morgan fingerprint density at radius 1 is 1.06 bits per heavy atom. The largest absolute Gasteiger partial charge is 0.322 e. The number of aromatic nitrogens is 3. The predicted molar refractivity (Wildman–Crippen MR) is 117 cm³/mol. The fourth-order valence-corrected chi connectivity index (χ4v) is 4.43. The van der Waals surface area contributed by atoms with Crippen molar-refractivity contribution in [1.29, 1.82) is 0 Å². The number of hydrogen-bond donors (Lipinski definition) is 1. The number of nitrogens with zero attached hydrogens (tertiary/aromatic N) is 4. The van der Waals surface area contributed by atoms with Crippen LogP contribution in [-0.4, -0.2) is 40.3 Å². The molecule has 2 heterocycles. The summed E-state index contributed by atoms with van der Waals surface area (Å²) in [5, 5.41) is 7.07. The maximum atomic E-state index is 12.9. The number of rotatable bonds is 6. The van der Waals surface area contributed by atoms with E-state index in [0.29, 0.717) is 22.6 Å². The topological polar surface area (TPSA) is 96.7 Å². The van der Waals surface area contributed by atoms with Gasteiger partial charge in [0.15, 0.2) is 5.65 Å². The summed E-state index contributed by atoms with van der Waals surface area (Å²) in [5.41, 5.74) is 2.76. The first-order valence-corrected chi connectivity index (χ1v) is 11.0. The number of carbonyl (C=O) groups is 1. The molecule has 8 nitrogen and oxygen atoms in total. The summed E-state index contributed by atoms with van der Waals surface area (Å²) < 4.78 is 28.6. The Kier molecular flexibility index (Phi) is 5.53. The summed E-state index contributed by atoms with van der Waals surface area (Å²) in [5.74, 6) is -0.358. The van der Waals surface area contributed by atoms with Crippen molar-refractivity contribution in [3.05, 3.63) is 89.9 Å². The van der Waals surface area contributed by atoms with Crippen LogP contribution in [0, 0.1) is 6.92 Å². The minimum absolute atomic E-state index is 0.151. The van der Waals surface area contributed by atoms with E-state index in [9.17, 15) is 13.2 Å². The molecular weight excluding hydrogens is 414 g/mol. The molecule has 0 atom stereocenters. The predicted octanol–water partition coefficient (Wildman–Crippen LogP) is 3.11. The first kappa shape index (κ1) is 20.7. The average Bonchev–Trinajstić information content (AvgIpc) is 3.10. The van der Waals surface area contributed by atoms with Crippen LogP contribution in [0.1, 0.15) is 21.6 Å². The maximum absolute atomic E-state index is 12.9. The summed E-state index contributed by atoms with van der Waals surface area (Å²) in [6.45, 7) is 2.00. The van der Waals surface area contributed by atoms with Crippen molar-refractivity contribution >= 4 is 27.3 Å². The third kappa shape index (κ3) is 4.18. The quantitative estimate of drug-likeness (QED) is 0.502. The Bertz CT molecular complexity index is 1330. The Hall–Kier alpha value is -3.56. The molecule has 2 aromatic carbocycles. The number of fused-ring (bicyclic) bond motifs is 1. The van der Waals surface area contributed by atoms with Gasteiger partial charge < -0.3 is 5.32 Å². The van der Waals surface area contributed by atoms with Crippen LogP contribution in [-0.2, 0) is 16.6 Å². The van der Waals surface area contributed by atoms with Crippen LogP contribution in [0.5, 0.6) is 0 Å². The molecule has 0 saturated carbocycles. The molecule has 1 amide bonds. The summed E-state index contributed by atoms with van der Waals surface area (Å²) >= 11 is 0. The Balaban J connectivity index is 1.51. The van der Waals surface area contributed by atoms with E-state index in [4.69, 9.17) is 0 Å². The molecule has 4 rings (SSSR count). The maximum Gasteiger partial charge on any atom is 0.261 e. The molecule has 31 heavy (non-hydrogen) atoms. The zero-order chi connectivity index (χ0) is 22.0. The number of aryl methyl sites for hydroxylation is 1. The zero-order valence-electron chi connectivity index (χ0n) is 17.1. The van der Waals surface area contributed by atoms with Gasteiger partial charge in [-0.25, -0.2) is 17.9 Å². The number of nitrogens with one attached hydrogen (secondary N) is 1. The van der Waals surface area contributed by atoms with E-state index in [1.165, 1.54) is 16.4 Å². The van der Waals surface area contributed by atoms with Gasteiger partial charge >= 0.3 is 0 Å². The first-order chi connectivity index (χ1) is 14.9. The molecule has 2 aromatic heterocycles. The summed E-state index contributed by atoms with van der Waals surface area (Å²) in [6, 6.07) is 17.2. The lowest BCUT2D eigenvalue weighted by Crippen LogP contribution is -2.26. The average molecular weight is 436 g/mol. The van der Waals surface area contributed by atoms with Crippen molar-refractivity contribution in [2.75, 3.05) is 12.4 Å². The number of carbonyl (C=O) groups excluding carboxylic acids is 1. The molecule has 0 saturated heterocycles. The first-order valence-electron chi connectivity index (χ1n) is 9.58. The van der Waals surface area contributed by atoms with Crippen molar-refractivity contribution < 1.29 is 13.2 Å². The van der Waals surface area contributed by atoms with Crippen molar-refractivity contribution in [3.63, 3.8) is 0 Å². The molecule has 0 fully saturated rings. The minimum Gasteiger partial charge on any atom is -0.322 e. The molecular formula is C22H21N5O3S. The van der Waals surface area contributed by atoms with E-state index in [1.807, 2.05) is 30.3 Å². The molecule has 0 bridgehead atoms. The van der Waals surface area contributed by atoms with Crippen molar-refractivity contribution in [1.82, 2.24) is 18.9 Å². The fraction of sp³-hybridized carbons (Fsp3) is 0.136. The van der Waals surface area contributed by atoms with Gasteiger partial charge in [-0.15, -0.1) is 0 Å². The van der Waals surface area contributed by atoms with E-state index in [-0.39, 0.29) is 17.3 Å². The van der Waals surface area contributed by atoms with Gasteiger partial charge in [-0.2, -0.15) is 9.40 Å². The molecule has 0 spiro atoms. The van der Waals surface area contributed by atoms with E-state index in [0.717, 1.165) is 5.56 Å². The van der Waals surface area contributed by atoms with Crippen LogP contribution in [0.25, 0.3) is 5.65 Å².